The fourth-order valence-electron chi connectivity index (χ4n) is 8.13. The highest BCUT2D eigenvalue weighted by atomic mass is 28.4. The minimum absolute atomic E-state index is 0.00487. The number of hydrogen-bond donors (Lipinski definition) is 1. The smallest absolute Gasteiger partial charge is 0.305 e. The summed E-state index contributed by atoms with van der Waals surface area (Å²) in [6, 6.07) is 5.97. The van der Waals surface area contributed by atoms with Gasteiger partial charge in [0.05, 0.1) is 0 Å². The number of allylic oxidation sites excluding steroid dienone is 4. The second kappa shape index (κ2) is 41.9. The number of ether oxygens (including phenoxy) is 2. The molecule has 0 atom stereocenters. The van der Waals surface area contributed by atoms with Crippen molar-refractivity contribution >= 4 is 40.6 Å². The third-order valence-corrected chi connectivity index (χ3v) is 24.0. The second-order valence-corrected chi connectivity index (χ2v) is 33.8. The van der Waals surface area contributed by atoms with Gasteiger partial charge in [-0.3, -0.25) is 19.3 Å². The van der Waals surface area contributed by atoms with Crippen molar-refractivity contribution in [2.24, 2.45) is 0 Å². The summed E-state index contributed by atoms with van der Waals surface area (Å²) >= 11 is 0. The van der Waals surface area contributed by atoms with Crippen LogP contribution in [-0.4, -0.2) is 78.8 Å². The summed E-state index contributed by atoms with van der Waals surface area (Å²) in [6.45, 7) is 29.6. The van der Waals surface area contributed by atoms with E-state index in [2.05, 4.69) is 116 Å². The van der Waals surface area contributed by atoms with Crippen LogP contribution < -0.4 is 14.2 Å². The summed E-state index contributed by atoms with van der Waals surface area (Å²) in [4.78, 5) is 40.6. The Hall–Kier alpha value is -3.16. The normalized spacial score (nSPS) is 12.7. The molecule has 1 rings (SSSR count). The summed E-state index contributed by atoms with van der Waals surface area (Å²) in [6.07, 6.45) is 46.1. The maximum absolute atomic E-state index is 13.1. The third-order valence-electron chi connectivity index (χ3n) is 15.3. The SMILES string of the molecule is CCCCCCCC/C=C\CCCCCCCC(=O)OCCN(CCCNC(=O)/C=C/c1ccc(O[Si](C)(C)C(C)(C)C)c(O[Si](C)(C)C(C)(C)C)c1)CCOC(=O)CCCCCCC/C=C\CCCCCCCC. The van der Waals surface area contributed by atoms with Crippen molar-refractivity contribution in [3.05, 3.63) is 54.1 Å². The Bertz CT molecular complexity index is 1670. The van der Waals surface area contributed by atoms with Gasteiger partial charge >= 0.3 is 11.9 Å². The van der Waals surface area contributed by atoms with E-state index in [1.54, 1.807) is 6.08 Å². The molecule has 0 saturated carbocycles. The number of nitrogens with zero attached hydrogens (tertiary/aromatic N) is 1. The Morgan fingerprint density at radius 2 is 0.893 bits per heavy atom. The van der Waals surface area contributed by atoms with Crippen LogP contribution in [0.15, 0.2) is 48.6 Å². The van der Waals surface area contributed by atoms with Gasteiger partial charge in [0.2, 0.25) is 5.91 Å². The first-order valence-electron chi connectivity index (χ1n) is 30.5. The van der Waals surface area contributed by atoms with Crippen LogP contribution in [0.4, 0.5) is 0 Å². The molecule has 0 aromatic heterocycles. The fourth-order valence-corrected chi connectivity index (χ4v) is 10.2. The Balaban J connectivity index is 2.66. The average Bonchev–Trinajstić information content (AvgIpc) is 3.34. The highest BCUT2D eigenvalue weighted by Gasteiger charge is 2.42. The number of unbranched alkanes of at least 4 members (excludes halogenated alkanes) is 22. The molecule has 1 aromatic carbocycles. The van der Waals surface area contributed by atoms with E-state index in [0.29, 0.717) is 45.4 Å². The van der Waals surface area contributed by atoms with Gasteiger partial charge in [0.15, 0.2) is 0 Å². The predicted molar refractivity (Wildman–Crippen MR) is 326 cm³/mol. The van der Waals surface area contributed by atoms with Gasteiger partial charge < -0.3 is 23.6 Å². The number of hydrogen-bond acceptors (Lipinski definition) is 8. The molecule has 0 aliphatic carbocycles. The molecule has 75 heavy (non-hydrogen) atoms. The zero-order chi connectivity index (χ0) is 55.7. The van der Waals surface area contributed by atoms with Gasteiger partial charge in [-0.1, -0.05) is 188 Å². The number of nitrogens with one attached hydrogen (secondary N) is 1. The summed E-state index contributed by atoms with van der Waals surface area (Å²) in [5, 5.41) is 3.07. The molecule has 432 valence electrons. The topological polar surface area (TPSA) is 103 Å². The van der Waals surface area contributed by atoms with E-state index in [1.165, 1.54) is 116 Å². The lowest BCUT2D eigenvalue weighted by Crippen LogP contribution is -2.45. The molecular formula is C64H116N2O7Si2. The molecule has 0 unspecified atom stereocenters. The average molecular weight is 1080 g/mol. The van der Waals surface area contributed by atoms with E-state index in [4.69, 9.17) is 18.3 Å². The highest BCUT2D eigenvalue weighted by Crippen LogP contribution is 2.44. The summed E-state index contributed by atoms with van der Waals surface area (Å²) in [5.74, 6) is 1.00. The molecule has 0 saturated heterocycles. The van der Waals surface area contributed by atoms with Crippen molar-refractivity contribution in [3.63, 3.8) is 0 Å². The second-order valence-electron chi connectivity index (χ2n) is 24.4. The van der Waals surface area contributed by atoms with Gasteiger partial charge in [0.25, 0.3) is 16.6 Å². The number of carbonyl (C=O) groups excluding carboxylic acids is 3. The lowest BCUT2D eigenvalue weighted by atomic mass is 10.1. The number of carbonyl (C=O) groups is 3. The standard InChI is InChI=1S/C64H116N2O7Si2/c1-13-15-17-19-21-23-25-27-29-31-33-35-37-39-41-44-61(68)70-54-52-66(53-55-71-62(69)45-42-40-38-36-34-32-30-28-26-24-22-20-18-16-14-2)51-43-50-65-60(67)49-47-57-46-48-58(72-74(9,10)63(3,4)5)59(56-57)73-75(11,12)64(6,7)8/h27-30,46-49,56H,13-26,31-45,50-55H2,1-12H3,(H,65,67)/b29-27-,30-28-,49-47+. The molecule has 1 amide bonds. The number of amides is 1. The van der Waals surface area contributed by atoms with Gasteiger partial charge in [-0.25, -0.2) is 0 Å². The minimum atomic E-state index is -2.19. The Morgan fingerprint density at radius 1 is 0.507 bits per heavy atom. The zero-order valence-corrected chi connectivity index (χ0v) is 52.7. The number of esters is 2. The third kappa shape index (κ3) is 36.6. The van der Waals surface area contributed by atoms with Gasteiger partial charge in [-0.05, 0) is 131 Å². The maximum Gasteiger partial charge on any atom is 0.305 e. The first-order chi connectivity index (χ1) is 35.7. The number of benzene rings is 1. The molecule has 0 aliphatic rings. The molecule has 1 aromatic rings. The lowest BCUT2D eigenvalue weighted by Gasteiger charge is -2.39. The summed E-state index contributed by atoms with van der Waals surface area (Å²) < 4.78 is 25.0. The molecule has 1 N–H and O–H groups in total. The molecule has 0 spiro atoms. The van der Waals surface area contributed by atoms with Crippen molar-refractivity contribution in [2.45, 2.75) is 278 Å². The first-order valence-corrected chi connectivity index (χ1v) is 36.4. The van der Waals surface area contributed by atoms with E-state index >= 15 is 0 Å². The fraction of sp³-hybridized carbons (Fsp3) is 0.766. The monoisotopic (exact) mass is 1080 g/mol. The van der Waals surface area contributed by atoms with Crippen molar-refractivity contribution in [1.29, 1.82) is 0 Å². The van der Waals surface area contributed by atoms with E-state index in [9.17, 15) is 14.4 Å². The van der Waals surface area contributed by atoms with Gasteiger partial charge in [0, 0.05) is 45.1 Å². The van der Waals surface area contributed by atoms with Crippen molar-refractivity contribution in [1.82, 2.24) is 10.2 Å². The largest absolute Gasteiger partial charge is 0.541 e. The molecule has 0 heterocycles. The summed E-state index contributed by atoms with van der Waals surface area (Å²) in [7, 11) is -4.32. The molecule has 0 radical (unpaired) electrons. The van der Waals surface area contributed by atoms with Crippen LogP contribution in [0.5, 0.6) is 11.5 Å². The van der Waals surface area contributed by atoms with Gasteiger partial charge in [0.1, 0.15) is 24.7 Å². The maximum atomic E-state index is 13.1. The molecule has 0 aliphatic heterocycles. The highest BCUT2D eigenvalue weighted by molar-refractivity contribution is 6.75. The van der Waals surface area contributed by atoms with Crippen LogP contribution in [0.25, 0.3) is 6.08 Å². The van der Waals surface area contributed by atoms with Crippen LogP contribution in [0, 0.1) is 0 Å². The Kier molecular flexibility index (Phi) is 39.0. The Labute approximate surface area is 464 Å². The number of rotatable bonds is 46. The Morgan fingerprint density at radius 3 is 1.31 bits per heavy atom. The van der Waals surface area contributed by atoms with Crippen molar-refractivity contribution in [3.8, 4) is 11.5 Å². The van der Waals surface area contributed by atoms with E-state index < -0.39 is 16.6 Å². The lowest BCUT2D eigenvalue weighted by molar-refractivity contribution is -0.144. The molecule has 9 nitrogen and oxygen atoms in total. The first kappa shape index (κ1) is 69.9. The molecule has 0 fully saturated rings. The van der Waals surface area contributed by atoms with E-state index in [0.717, 1.165) is 68.4 Å². The van der Waals surface area contributed by atoms with Crippen LogP contribution >= 0.6 is 0 Å². The molecular weight excluding hydrogens is 965 g/mol. The van der Waals surface area contributed by atoms with Crippen molar-refractivity contribution in [2.75, 3.05) is 39.4 Å². The summed E-state index contributed by atoms with van der Waals surface area (Å²) in [5.41, 5.74) is 0.867. The predicted octanol–water partition coefficient (Wildman–Crippen LogP) is 18.4. The van der Waals surface area contributed by atoms with E-state index in [1.807, 2.05) is 24.3 Å². The zero-order valence-electron chi connectivity index (χ0n) is 50.7. The van der Waals surface area contributed by atoms with Gasteiger partial charge in [-0.15, -0.1) is 0 Å². The van der Waals surface area contributed by atoms with Crippen molar-refractivity contribution < 1.29 is 32.7 Å². The van der Waals surface area contributed by atoms with Crippen LogP contribution in [0.1, 0.15) is 247 Å². The minimum Gasteiger partial charge on any atom is -0.541 e. The quantitative estimate of drug-likeness (QED) is 0.0226. The van der Waals surface area contributed by atoms with Gasteiger partial charge in [-0.2, -0.15) is 0 Å². The van der Waals surface area contributed by atoms with Crippen LogP contribution in [-0.2, 0) is 23.9 Å². The van der Waals surface area contributed by atoms with E-state index in [-0.39, 0.29) is 41.1 Å². The molecule has 0 bridgehead atoms. The molecule has 11 heteroatoms. The van der Waals surface area contributed by atoms with Crippen LogP contribution in [0.3, 0.4) is 0 Å². The van der Waals surface area contributed by atoms with Crippen LogP contribution in [0.2, 0.25) is 36.3 Å².